The molecule has 0 heterocycles. The molecule has 0 saturated heterocycles. The number of halogens is 5. The van der Waals surface area contributed by atoms with Crippen molar-refractivity contribution in [2.24, 2.45) is 0 Å². The lowest BCUT2D eigenvalue weighted by atomic mass is 9.95. The third-order valence-corrected chi connectivity index (χ3v) is 4.35. The summed E-state index contributed by atoms with van der Waals surface area (Å²) in [7, 11) is 0. The van der Waals surface area contributed by atoms with Crippen molar-refractivity contribution >= 4 is 17.2 Å². The molecule has 0 radical (unpaired) electrons. The number of nitrogens with one attached hydrogen (secondary N) is 1. The molecule has 0 spiro atoms. The summed E-state index contributed by atoms with van der Waals surface area (Å²) >= 11 is 0. The van der Waals surface area contributed by atoms with Gasteiger partial charge >= 0.3 is 6.18 Å². The monoisotopic (exact) mass is 383 g/mol. The van der Waals surface area contributed by atoms with E-state index in [0.29, 0.717) is 12.0 Å². The Morgan fingerprint density at radius 3 is 2.30 bits per heavy atom. The van der Waals surface area contributed by atoms with Gasteiger partial charge in [-0.25, -0.2) is 8.78 Å². The van der Waals surface area contributed by atoms with Crippen LogP contribution in [0.15, 0.2) is 42.0 Å². The molecule has 0 aliphatic heterocycles. The number of alkyl halides is 3. The number of allylic oxidation sites excluding steroid dienone is 2. The minimum atomic E-state index is -4.64. The van der Waals surface area contributed by atoms with Gasteiger partial charge in [0, 0.05) is 5.69 Å². The van der Waals surface area contributed by atoms with Gasteiger partial charge in [0.25, 0.3) is 5.91 Å². The van der Waals surface area contributed by atoms with E-state index in [1.807, 2.05) is 6.92 Å². The lowest BCUT2D eigenvalue weighted by molar-refractivity contribution is -0.137. The fraction of sp³-hybridized carbons (Fsp3) is 0.250. The van der Waals surface area contributed by atoms with E-state index in [4.69, 9.17) is 0 Å². The van der Waals surface area contributed by atoms with Crippen molar-refractivity contribution < 1.29 is 26.7 Å². The van der Waals surface area contributed by atoms with Crippen molar-refractivity contribution in [1.29, 1.82) is 0 Å². The van der Waals surface area contributed by atoms with E-state index in [1.165, 1.54) is 12.1 Å². The molecule has 0 aromatic heterocycles. The van der Waals surface area contributed by atoms with E-state index in [-0.39, 0.29) is 11.3 Å². The summed E-state index contributed by atoms with van der Waals surface area (Å²) in [6.07, 6.45) is -4.05. The zero-order chi connectivity index (χ0) is 20.4. The summed E-state index contributed by atoms with van der Waals surface area (Å²) in [6, 6.07) is 6.37. The van der Waals surface area contributed by atoms with E-state index < -0.39 is 34.8 Å². The van der Waals surface area contributed by atoms with Gasteiger partial charge in [-0.05, 0) is 55.7 Å². The van der Waals surface area contributed by atoms with Crippen LogP contribution in [-0.4, -0.2) is 5.91 Å². The Balaban J connectivity index is 2.45. The van der Waals surface area contributed by atoms with Gasteiger partial charge in [-0.15, -0.1) is 0 Å². The SMILES string of the molecule is CCC(C)=C(C)c1ccc(NC(=O)c2cccc(F)c2F)cc1C(F)(F)F. The fourth-order valence-electron chi connectivity index (χ4n) is 2.56. The molecule has 0 saturated carbocycles. The Morgan fingerprint density at radius 2 is 1.70 bits per heavy atom. The first kappa shape index (κ1) is 20.6. The molecule has 2 aromatic carbocycles. The predicted molar refractivity (Wildman–Crippen MR) is 94.3 cm³/mol. The van der Waals surface area contributed by atoms with Crippen LogP contribution < -0.4 is 5.32 Å². The summed E-state index contributed by atoms with van der Waals surface area (Å²) in [5.74, 6) is -3.62. The molecule has 1 amide bonds. The van der Waals surface area contributed by atoms with Crippen molar-refractivity contribution in [3.05, 3.63) is 70.3 Å². The zero-order valence-electron chi connectivity index (χ0n) is 15.0. The molecule has 2 rings (SSSR count). The minimum absolute atomic E-state index is 0.0109. The highest BCUT2D eigenvalue weighted by Crippen LogP contribution is 2.37. The van der Waals surface area contributed by atoms with E-state index in [1.54, 1.807) is 13.8 Å². The molecular formula is C20H18F5NO. The molecule has 0 aliphatic rings. The van der Waals surface area contributed by atoms with Gasteiger partial charge in [0.1, 0.15) is 0 Å². The number of benzene rings is 2. The van der Waals surface area contributed by atoms with Crippen molar-refractivity contribution in [3.8, 4) is 0 Å². The molecule has 0 fully saturated rings. The van der Waals surface area contributed by atoms with Crippen LogP contribution in [0.25, 0.3) is 5.57 Å². The largest absolute Gasteiger partial charge is 0.417 e. The molecule has 0 aliphatic carbocycles. The highest BCUT2D eigenvalue weighted by molar-refractivity contribution is 6.04. The Bertz CT molecular complexity index is 900. The Kier molecular flexibility index (Phi) is 6.03. The van der Waals surface area contributed by atoms with Gasteiger partial charge in [0.05, 0.1) is 11.1 Å². The second-order valence-electron chi connectivity index (χ2n) is 6.07. The molecule has 1 N–H and O–H groups in total. The number of hydrogen-bond acceptors (Lipinski definition) is 1. The minimum Gasteiger partial charge on any atom is -0.322 e. The average molecular weight is 383 g/mol. The summed E-state index contributed by atoms with van der Waals surface area (Å²) in [4.78, 5) is 12.1. The zero-order valence-corrected chi connectivity index (χ0v) is 15.0. The Labute approximate surface area is 153 Å². The molecule has 27 heavy (non-hydrogen) atoms. The van der Waals surface area contributed by atoms with Gasteiger partial charge in [-0.2, -0.15) is 13.2 Å². The molecule has 0 bridgehead atoms. The standard InChI is InChI=1S/C20H18F5NO/c1-4-11(2)12(3)14-9-8-13(10-16(14)20(23,24)25)26-19(27)15-6-5-7-17(21)18(15)22/h5-10H,4H2,1-3H3,(H,26,27). The molecule has 2 nitrogen and oxygen atoms in total. The molecule has 0 atom stereocenters. The molecule has 0 unspecified atom stereocenters. The summed E-state index contributed by atoms with van der Waals surface area (Å²) in [6.45, 7) is 5.19. The van der Waals surface area contributed by atoms with Crippen molar-refractivity contribution in [1.82, 2.24) is 0 Å². The van der Waals surface area contributed by atoms with Crippen LogP contribution in [0.1, 0.15) is 48.7 Å². The quantitative estimate of drug-likeness (QED) is 0.605. The third kappa shape index (κ3) is 4.53. The average Bonchev–Trinajstić information content (AvgIpc) is 2.61. The van der Waals surface area contributed by atoms with Crippen molar-refractivity contribution in [2.45, 2.75) is 33.4 Å². The maximum Gasteiger partial charge on any atom is 0.417 e. The lowest BCUT2D eigenvalue weighted by Crippen LogP contribution is -2.16. The summed E-state index contributed by atoms with van der Waals surface area (Å²) in [5.41, 5.74) is -0.354. The Morgan fingerprint density at radius 1 is 1.04 bits per heavy atom. The number of carbonyl (C=O) groups is 1. The van der Waals surface area contributed by atoms with Crippen LogP contribution in [0, 0.1) is 11.6 Å². The molecule has 7 heteroatoms. The molecule has 144 valence electrons. The molecule has 2 aromatic rings. The topological polar surface area (TPSA) is 29.1 Å². The van der Waals surface area contributed by atoms with E-state index in [2.05, 4.69) is 5.32 Å². The summed E-state index contributed by atoms with van der Waals surface area (Å²) < 4.78 is 67.4. The van der Waals surface area contributed by atoms with Gasteiger partial charge in [-0.1, -0.05) is 24.6 Å². The second kappa shape index (κ2) is 7.90. The fourth-order valence-corrected chi connectivity index (χ4v) is 2.56. The number of amides is 1. The molecular weight excluding hydrogens is 365 g/mol. The first-order valence-electron chi connectivity index (χ1n) is 8.19. The van der Waals surface area contributed by atoms with E-state index in [9.17, 15) is 26.7 Å². The maximum absolute atomic E-state index is 13.7. The number of anilines is 1. The smallest absolute Gasteiger partial charge is 0.322 e. The van der Waals surface area contributed by atoms with Crippen LogP contribution in [0.4, 0.5) is 27.6 Å². The van der Waals surface area contributed by atoms with Crippen LogP contribution in [-0.2, 0) is 6.18 Å². The first-order chi connectivity index (χ1) is 12.6. The normalized spacial score (nSPS) is 12.6. The van der Waals surface area contributed by atoms with Crippen LogP contribution in [0.2, 0.25) is 0 Å². The highest BCUT2D eigenvalue weighted by atomic mass is 19.4. The van der Waals surface area contributed by atoms with E-state index >= 15 is 0 Å². The summed E-state index contributed by atoms with van der Waals surface area (Å²) in [5, 5.41) is 2.19. The second-order valence-corrected chi connectivity index (χ2v) is 6.07. The lowest BCUT2D eigenvalue weighted by Gasteiger charge is -2.17. The number of rotatable bonds is 4. The van der Waals surface area contributed by atoms with Crippen LogP contribution >= 0.6 is 0 Å². The van der Waals surface area contributed by atoms with Gasteiger partial charge < -0.3 is 5.32 Å². The maximum atomic E-state index is 13.7. The van der Waals surface area contributed by atoms with Gasteiger partial charge in [-0.3, -0.25) is 4.79 Å². The van der Waals surface area contributed by atoms with Crippen LogP contribution in [0.5, 0.6) is 0 Å². The van der Waals surface area contributed by atoms with Gasteiger partial charge in [0.15, 0.2) is 11.6 Å². The Hall–Kier alpha value is -2.70. The van der Waals surface area contributed by atoms with Crippen molar-refractivity contribution in [3.63, 3.8) is 0 Å². The first-order valence-corrected chi connectivity index (χ1v) is 8.19. The van der Waals surface area contributed by atoms with Crippen molar-refractivity contribution in [2.75, 3.05) is 5.32 Å². The highest BCUT2D eigenvalue weighted by Gasteiger charge is 2.34. The number of carbonyl (C=O) groups excluding carboxylic acids is 1. The number of hydrogen-bond donors (Lipinski definition) is 1. The van der Waals surface area contributed by atoms with Crippen LogP contribution in [0.3, 0.4) is 0 Å². The van der Waals surface area contributed by atoms with Gasteiger partial charge in [0.2, 0.25) is 0 Å². The third-order valence-electron chi connectivity index (χ3n) is 4.35. The van der Waals surface area contributed by atoms with E-state index in [0.717, 1.165) is 29.8 Å². The predicted octanol–water partition coefficient (Wildman–Crippen LogP) is 6.44.